The van der Waals surface area contributed by atoms with Crippen LogP contribution in [0.2, 0.25) is 0 Å². The number of nitrogens with one attached hydrogen (secondary N) is 2. The molecule has 0 aromatic heterocycles. The molecule has 1 heterocycles. The first-order valence-electron chi connectivity index (χ1n) is 10.7. The van der Waals surface area contributed by atoms with E-state index in [9.17, 15) is 0 Å². The molecule has 3 unspecified atom stereocenters. The van der Waals surface area contributed by atoms with Crippen molar-refractivity contribution in [2.75, 3.05) is 54.1 Å². The average molecular weight is 532 g/mol. The monoisotopic (exact) mass is 532 g/mol. The summed E-state index contributed by atoms with van der Waals surface area (Å²) in [5, 5.41) is 7.13. The molecule has 3 rings (SSSR count). The minimum Gasteiger partial charge on any atom is -0.493 e. The summed E-state index contributed by atoms with van der Waals surface area (Å²) in [7, 11) is 5.18. The fraction of sp³-hybridized carbons (Fsp3) is 0.682. The highest BCUT2D eigenvalue weighted by Gasteiger charge is 2.36. The molecule has 1 saturated heterocycles. The molecule has 0 amide bonds. The van der Waals surface area contributed by atoms with Crippen molar-refractivity contribution >= 4 is 29.9 Å². The van der Waals surface area contributed by atoms with Crippen molar-refractivity contribution in [1.82, 2.24) is 15.5 Å². The molecule has 8 heteroatoms. The van der Waals surface area contributed by atoms with Crippen LogP contribution in [0.3, 0.4) is 0 Å². The van der Waals surface area contributed by atoms with Gasteiger partial charge in [-0.1, -0.05) is 19.4 Å². The Kier molecular flexibility index (Phi) is 10.5. The predicted octanol–water partition coefficient (Wildman–Crippen LogP) is 3.05. The lowest BCUT2D eigenvalue weighted by Crippen LogP contribution is -2.46. The Bertz CT molecular complexity index is 682. The number of aliphatic imine (C=N–C) groups is 1. The number of hydrogen-bond donors (Lipinski definition) is 2. The first-order chi connectivity index (χ1) is 14.2. The summed E-state index contributed by atoms with van der Waals surface area (Å²) in [5.74, 6) is 3.18. The number of benzene rings is 1. The SMILES string of the molecule is CCCC1CC1NC(=NC)NCC(c1ccc(OC)c(OC)c1)N1CCOCC1.I. The van der Waals surface area contributed by atoms with Crippen molar-refractivity contribution in [3.63, 3.8) is 0 Å². The van der Waals surface area contributed by atoms with E-state index >= 15 is 0 Å². The highest BCUT2D eigenvalue weighted by atomic mass is 127. The summed E-state index contributed by atoms with van der Waals surface area (Å²) in [5.41, 5.74) is 1.20. The Morgan fingerprint density at radius 2 is 1.97 bits per heavy atom. The standard InChI is InChI=1S/C22H36N4O3.HI/c1-5-6-16-13-18(16)25-22(23-2)24-15-19(26-9-11-29-12-10-26)17-7-8-20(27-3)21(14-17)28-4;/h7-8,14,16,18-19H,5-6,9-13,15H2,1-4H3,(H2,23,24,25);1H. The maximum Gasteiger partial charge on any atom is 0.191 e. The Hall–Kier alpha value is -1.26. The van der Waals surface area contributed by atoms with Crippen LogP contribution >= 0.6 is 24.0 Å². The molecule has 3 atom stereocenters. The molecular formula is C22H37IN4O3. The lowest BCUT2D eigenvalue weighted by molar-refractivity contribution is 0.0169. The molecule has 1 saturated carbocycles. The largest absolute Gasteiger partial charge is 0.493 e. The molecule has 2 fully saturated rings. The zero-order chi connectivity index (χ0) is 20.6. The van der Waals surface area contributed by atoms with Gasteiger partial charge in [0.15, 0.2) is 17.5 Å². The summed E-state index contributed by atoms with van der Waals surface area (Å²) in [4.78, 5) is 6.90. The fourth-order valence-corrected chi connectivity index (χ4v) is 4.08. The third-order valence-corrected chi connectivity index (χ3v) is 5.87. The van der Waals surface area contributed by atoms with E-state index in [1.165, 1.54) is 24.8 Å². The smallest absolute Gasteiger partial charge is 0.191 e. The molecule has 7 nitrogen and oxygen atoms in total. The lowest BCUT2D eigenvalue weighted by atomic mass is 10.0. The van der Waals surface area contributed by atoms with Gasteiger partial charge in [0.05, 0.1) is 33.5 Å². The van der Waals surface area contributed by atoms with Gasteiger partial charge in [0.1, 0.15) is 0 Å². The third-order valence-electron chi connectivity index (χ3n) is 5.87. The molecule has 2 N–H and O–H groups in total. The van der Waals surface area contributed by atoms with E-state index in [-0.39, 0.29) is 30.0 Å². The number of ether oxygens (including phenoxy) is 3. The molecule has 1 aromatic rings. The van der Waals surface area contributed by atoms with E-state index in [0.717, 1.165) is 56.2 Å². The van der Waals surface area contributed by atoms with Crippen LogP contribution in [-0.4, -0.2) is 71.0 Å². The molecule has 0 spiro atoms. The number of methoxy groups -OCH3 is 2. The minimum atomic E-state index is 0. The van der Waals surface area contributed by atoms with Gasteiger partial charge in [0.2, 0.25) is 0 Å². The van der Waals surface area contributed by atoms with Gasteiger partial charge >= 0.3 is 0 Å². The van der Waals surface area contributed by atoms with Crippen LogP contribution < -0.4 is 20.1 Å². The normalized spacial score (nSPS) is 22.6. The Morgan fingerprint density at radius 1 is 1.23 bits per heavy atom. The highest BCUT2D eigenvalue weighted by Crippen LogP contribution is 2.34. The van der Waals surface area contributed by atoms with Crippen molar-refractivity contribution in [3.8, 4) is 11.5 Å². The van der Waals surface area contributed by atoms with E-state index in [1.54, 1.807) is 14.2 Å². The Morgan fingerprint density at radius 3 is 2.60 bits per heavy atom. The van der Waals surface area contributed by atoms with Crippen LogP contribution in [0.1, 0.15) is 37.8 Å². The summed E-state index contributed by atoms with van der Waals surface area (Å²) in [6, 6.07) is 6.94. The van der Waals surface area contributed by atoms with Gasteiger partial charge in [-0.2, -0.15) is 0 Å². The van der Waals surface area contributed by atoms with Crippen LogP contribution in [0.4, 0.5) is 0 Å². The fourth-order valence-electron chi connectivity index (χ4n) is 4.08. The van der Waals surface area contributed by atoms with Crippen LogP contribution in [0.25, 0.3) is 0 Å². The predicted molar refractivity (Wildman–Crippen MR) is 131 cm³/mol. The van der Waals surface area contributed by atoms with Gasteiger partial charge in [-0.05, 0) is 36.5 Å². The summed E-state index contributed by atoms with van der Waals surface area (Å²) in [6.07, 6.45) is 3.78. The molecule has 1 aromatic carbocycles. The molecule has 2 aliphatic rings. The highest BCUT2D eigenvalue weighted by molar-refractivity contribution is 14.0. The quantitative estimate of drug-likeness (QED) is 0.290. The van der Waals surface area contributed by atoms with Gasteiger partial charge in [0, 0.05) is 32.7 Å². The third kappa shape index (κ3) is 6.62. The average Bonchev–Trinajstić information content (AvgIpc) is 3.51. The number of morpholine rings is 1. The van der Waals surface area contributed by atoms with Crippen LogP contribution in [0.5, 0.6) is 11.5 Å². The zero-order valence-corrected chi connectivity index (χ0v) is 21.0. The van der Waals surface area contributed by atoms with Crippen molar-refractivity contribution < 1.29 is 14.2 Å². The molecular weight excluding hydrogens is 495 g/mol. The summed E-state index contributed by atoms with van der Waals surface area (Å²) >= 11 is 0. The number of guanidine groups is 1. The second-order valence-electron chi connectivity index (χ2n) is 7.77. The molecule has 1 aliphatic heterocycles. The Balaban J connectivity index is 0.00000320. The maximum absolute atomic E-state index is 5.57. The van der Waals surface area contributed by atoms with Gasteiger partial charge < -0.3 is 24.8 Å². The summed E-state index contributed by atoms with van der Waals surface area (Å²) < 4.78 is 16.5. The molecule has 0 bridgehead atoms. The van der Waals surface area contributed by atoms with Crippen molar-refractivity contribution in [2.45, 2.75) is 38.3 Å². The molecule has 30 heavy (non-hydrogen) atoms. The van der Waals surface area contributed by atoms with Crippen LogP contribution in [0.15, 0.2) is 23.2 Å². The zero-order valence-electron chi connectivity index (χ0n) is 18.6. The van der Waals surface area contributed by atoms with Gasteiger partial charge in [-0.25, -0.2) is 0 Å². The number of hydrogen-bond acceptors (Lipinski definition) is 5. The van der Waals surface area contributed by atoms with Crippen molar-refractivity contribution in [2.24, 2.45) is 10.9 Å². The minimum absolute atomic E-state index is 0. The molecule has 0 radical (unpaired) electrons. The summed E-state index contributed by atoms with van der Waals surface area (Å²) in [6.45, 7) is 6.36. The number of rotatable bonds is 9. The molecule has 1 aliphatic carbocycles. The van der Waals surface area contributed by atoms with Crippen molar-refractivity contribution in [3.05, 3.63) is 23.8 Å². The number of nitrogens with zero attached hydrogens (tertiary/aromatic N) is 2. The number of halogens is 1. The van der Waals surface area contributed by atoms with E-state index in [2.05, 4.69) is 39.6 Å². The topological polar surface area (TPSA) is 67.4 Å². The van der Waals surface area contributed by atoms with Gasteiger partial charge in [-0.3, -0.25) is 9.89 Å². The lowest BCUT2D eigenvalue weighted by Gasteiger charge is -2.35. The van der Waals surface area contributed by atoms with E-state index in [0.29, 0.717) is 6.04 Å². The second kappa shape index (κ2) is 12.6. The van der Waals surface area contributed by atoms with E-state index in [4.69, 9.17) is 14.2 Å². The molecule has 170 valence electrons. The van der Waals surface area contributed by atoms with E-state index in [1.807, 2.05) is 13.1 Å². The second-order valence-corrected chi connectivity index (χ2v) is 7.77. The Labute approximate surface area is 197 Å². The van der Waals surface area contributed by atoms with Crippen LogP contribution in [0, 0.1) is 5.92 Å². The van der Waals surface area contributed by atoms with Gasteiger partial charge in [0.25, 0.3) is 0 Å². The first-order valence-corrected chi connectivity index (χ1v) is 10.7. The first kappa shape index (κ1) is 25.0. The van der Waals surface area contributed by atoms with E-state index < -0.39 is 0 Å². The van der Waals surface area contributed by atoms with Crippen LogP contribution in [-0.2, 0) is 4.74 Å². The van der Waals surface area contributed by atoms with Crippen molar-refractivity contribution in [1.29, 1.82) is 0 Å². The maximum atomic E-state index is 5.57. The van der Waals surface area contributed by atoms with Gasteiger partial charge in [-0.15, -0.1) is 24.0 Å².